The molecule has 0 saturated heterocycles. The maximum Gasteiger partial charge on any atom is 0.146 e. The van der Waals surface area contributed by atoms with Crippen molar-refractivity contribution in [1.82, 2.24) is 0 Å². The van der Waals surface area contributed by atoms with Crippen LogP contribution in [0.4, 0.5) is 0 Å². The Labute approximate surface area is 97.4 Å². The van der Waals surface area contributed by atoms with Crippen molar-refractivity contribution < 1.29 is 9.59 Å². The van der Waals surface area contributed by atoms with Gasteiger partial charge in [0.1, 0.15) is 12.6 Å². The van der Waals surface area contributed by atoms with Crippen molar-refractivity contribution in [1.29, 1.82) is 0 Å². The van der Waals surface area contributed by atoms with E-state index in [0.717, 1.165) is 73.4 Å². The van der Waals surface area contributed by atoms with Gasteiger partial charge in [-0.3, -0.25) is 9.59 Å². The Morgan fingerprint density at radius 3 is 1.56 bits per heavy atom. The summed E-state index contributed by atoms with van der Waals surface area (Å²) in [6.07, 6.45) is 7.61. The SMILES string of the molecule is CC/C(C=O)=C1\CCCC\C1=C(\C=O)CC. The number of hydrogen-bond acceptors (Lipinski definition) is 2. The molecule has 0 radical (unpaired) electrons. The Morgan fingerprint density at radius 1 is 0.938 bits per heavy atom. The first-order valence-corrected chi connectivity index (χ1v) is 6.13. The third-order valence-corrected chi connectivity index (χ3v) is 3.29. The summed E-state index contributed by atoms with van der Waals surface area (Å²) in [4.78, 5) is 22.0. The van der Waals surface area contributed by atoms with Gasteiger partial charge in [-0.1, -0.05) is 13.8 Å². The van der Waals surface area contributed by atoms with Crippen LogP contribution in [0, 0.1) is 0 Å². The van der Waals surface area contributed by atoms with E-state index >= 15 is 0 Å². The number of aldehydes is 2. The fraction of sp³-hybridized carbons (Fsp3) is 0.571. The molecule has 2 nitrogen and oxygen atoms in total. The summed E-state index contributed by atoms with van der Waals surface area (Å²) >= 11 is 0. The second-order valence-corrected chi connectivity index (χ2v) is 4.16. The quantitative estimate of drug-likeness (QED) is 0.537. The zero-order valence-corrected chi connectivity index (χ0v) is 10.2. The van der Waals surface area contributed by atoms with Crippen LogP contribution >= 0.6 is 0 Å². The minimum Gasteiger partial charge on any atom is -0.298 e. The molecule has 0 aromatic rings. The van der Waals surface area contributed by atoms with Crippen molar-refractivity contribution >= 4 is 12.6 Å². The van der Waals surface area contributed by atoms with Crippen molar-refractivity contribution in [3.63, 3.8) is 0 Å². The predicted molar refractivity (Wildman–Crippen MR) is 65.2 cm³/mol. The first kappa shape index (κ1) is 12.9. The first-order chi connectivity index (χ1) is 7.78. The molecular formula is C14H20O2. The number of allylic oxidation sites excluding steroid dienone is 4. The van der Waals surface area contributed by atoms with Gasteiger partial charge in [-0.25, -0.2) is 0 Å². The molecule has 0 aromatic carbocycles. The van der Waals surface area contributed by atoms with Crippen molar-refractivity contribution in [2.24, 2.45) is 0 Å². The average Bonchev–Trinajstić information content (AvgIpc) is 2.34. The van der Waals surface area contributed by atoms with E-state index < -0.39 is 0 Å². The van der Waals surface area contributed by atoms with E-state index in [4.69, 9.17) is 0 Å². The Morgan fingerprint density at radius 2 is 1.31 bits per heavy atom. The second kappa shape index (κ2) is 6.41. The zero-order chi connectivity index (χ0) is 12.0. The highest BCUT2D eigenvalue weighted by Gasteiger charge is 2.18. The lowest BCUT2D eigenvalue weighted by Gasteiger charge is -2.22. The van der Waals surface area contributed by atoms with Crippen molar-refractivity contribution in [2.75, 3.05) is 0 Å². The van der Waals surface area contributed by atoms with Gasteiger partial charge in [0.15, 0.2) is 0 Å². The highest BCUT2D eigenvalue weighted by molar-refractivity contribution is 5.81. The Bertz CT molecular complexity index is 301. The van der Waals surface area contributed by atoms with Crippen LogP contribution in [0.15, 0.2) is 22.3 Å². The van der Waals surface area contributed by atoms with Crippen LogP contribution in [-0.4, -0.2) is 12.6 Å². The van der Waals surface area contributed by atoms with E-state index in [9.17, 15) is 9.59 Å². The normalized spacial score (nSPS) is 22.6. The summed E-state index contributed by atoms with van der Waals surface area (Å²) < 4.78 is 0. The van der Waals surface area contributed by atoms with Crippen LogP contribution in [0.3, 0.4) is 0 Å². The summed E-state index contributed by atoms with van der Waals surface area (Å²) in [6.45, 7) is 3.99. The number of hydrogen-bond donors (Lipinski definition) is 0. The predicted octanol–water partition coefficient (Wildman–Crippen LogP) is 3.37. The Balaban J connectivity index is 3.23. The molecule has 1 rings (SSSR count). The second-order valence-electron chi connectivity index (χ2n) is 4.16. The molecule has 1 aliphatic carbocycles. The van der Waals surface area contributed by atoms with Gasteiger partial charge in [0.2, 0.25) is 0 Å². The summed E-state index contributed by atoms with van der Waals surface area (Å²) in [5, 5.41) is 0. The standard InChI is InChI=1S/C14H20O2/c1-3-11(9-15)13-7-5-6-8-14(13)12(4-2)10-16/h9-10H,3-8H2,1-2H3/b13-11-,14-12-. The molecule has 2 heteroatoms. The lowest BCUT2D eigenvalue weighted by molar-refractivity contribution is -0.105. The molecule has 1 fully saturated rings. The van der Waals surface area contributed by atoms with Gasteiger partial charge >= 0.3 is 0 Å². The molecule has 0 aromatic heterocycles. The summed E-state index contributed by atoms with van der Waals surface area (Å²) in [5.74, 6) is 0. The maximum absolute atomic E-state index is 11.0. The van der Waals surface area contributed by atoms with E-state index in [1.807, 2.05) is 13.8 Å². The van der Waals surface area contributed by atoms with E-state index in [1.54, 1.807) is 0 Å². The lowest BCUT2D eigenvalue weighted by atomic mass is 9.83. The summed E-state index contributed by atoms with van der Waals surface area (Å²) in [7, 11) is 0. The molecule has 0 heterocycles. The molecule has 1 aliphatic rings. The van der Waals surface area contributed by atoms with Crippen molar-refractivity contribution in [2.45, 2.75) is 52.4 Å². The van der Waals surface area contributed by atoms with Gasteiger partial charge < -0.3 is 0 Å². The average molecular weight is 220 g/mol. The fourth-order valence-corrected chi connectivity index (χ4v) is 2.35. The van der Waals surface area contributed by atoms with Crippen LogP contribution in [0.2, 0.25) is 0 Å². The minimum atomic E-state index is 0.762. The molecule has 0 spiro atoms. The Hall–Kier alpha value is -1.18. The molecule has 0 aliphatic heterocycles. The fourth-order valence-electron chi connectivity index (χ4n) is 2.35. The molecule has 16 heavy (non-hydrogen) atoms. The van der Waals surface area contributed by atoms with Gasteiger partial charge in [-0.15, -0.1) is 0 Å². The minimum absolute atomic E-state index is 0.762. The van der Waals surface area contributed by atoms with E-state index in [2.05, 4.69) is 0 Å². The van der Waals surface area contributed by atoms with E-state index in [0.29, 0.717) is 0 Å². The van der Waals surface area contributed by atoms with Crippen LogP contribution in [0.5, 0.6) is 0 Å². The number of carbonyl (C=O) groups excluding carboxylic acids is 2. The molecular weight excluding hydrogens is 200 g/mol. The lowest BCUT2D eigenvalue weighted by Crippen LogP contribution is -2.07. The van der Waals surface area contributed by atoms with Gasteiger partial charge in [0.25, 0.3) is 0 Å². The highest BCUT2D eigenvalue weighted by Crippen LogP contribution is 2.34. The molecule has 0 N–H and O–H groups in total. The molecule has 88 valence electrons. The van der Waals surface area contributed by atoms with Gasteiger partial charge in [0.05, 0.1) is 0 Å². The van der Waals surface area contributed by atoms with E-state index in [1.165, 1.54) is 0 Å². The summed E-state index contributed by atoms with van der Waals surface area (Å²) in [5.41, 5.74) is 4.05. The maximum atomic E-state index is 11.0. The largest absolute Gasteiger partial charge is 0.298 e. The smallest absolute Gasteiger partial charge is 0.146 e. The third kappa shape index (κ3) is 2.69. The molecule has 0 atom stereocenters. The molecule has 0 unspecified atom stereocenters. The molecule has 1 saturated carbocycles. The highest BCUT2D eigenvalue weighted by atomic mass is 16.1. The first-order valence-electron chi connectivity index (χ1n) is 6.13. The van der Waals surface area contributed by atoms with Crippen LogP contribution < -0.4 is 0 Å². The Kier molecular flexibility index (Phi) is 5.17. The zero-order valence-electron chi connectivity index (χ0n) is 10.2. The van der Waals surface area contributed by atoms with Gasteiger partial charge in [-0.05, 0) is 60.8 Å². The van der Waals surface area contributed by atoms with Crippen molar-refractivity contribution in [3.8, 4) is 0 Å². The number of carbonyl (C=O) groups is 2. The molecule has 0 amide bonds. The third-order valence-electron chi connectivity index (χ3n) is 3.29. The van der Waals surface area contributed by atoms with Crippen LogP contribution in [0.1, 0.15) is 52.4 Å². The van der Waals surface area contributed by atoms with Crippen molar-refractivity contribution in [3.05, 3.63) is 22.3 Å². The topological polar surface area (TPSA) is 34.1 Å². The number of rotatable bonds is 4. The van der Waals surface area contributed by atoms with Crippen LogP contribution in [-0.2, 0) is 9.59 Å². The van der Waals surface area contributed by atoms with Gasteiger partial charge in [0, 0.05) is 0 Å². The summed E-state index contributed by atoms with van der Waals surface area (Å²) in [6, 6.07) is 0. The van der Waals surface area contributed by atoms with Crippen LogP contribution in [0.25, 0.3) is 0 Å². The van der Waals surface area contributed by atoms with E-state index in [-0.39, 0.29) is 0 Å². The molecule has 0 bridgehead atoms. The monoisotopic (exact) mass is 220 g/mol. The van der Waals surface area contributed by atoms with Gasteiger partial charge in [-0.2, -0.15) is 0 Å².